The lowest BCUT2D eigenvalue weighted by Crippen LogP contribution is -2.41. The molecule has 5 nitrogen and oxygen atoms in total. The molecule has 2 aromatic carbocycles. The van der Waals surface area contributed by atoms with E-state index in [-0.39, 0.29) is 17.6 Å². The number of nitrogens with zero attached hydrogens (tertiary/aromatic N) is 2. The van der Waals surface area contributed by atoms with E-state index in [0.29, 0.717) is 17.7 Å². The molecule has 0 amide bonds. The van der Waals surface area contributed by atoms with Gasteiger partial charge in [0.1, 0.15) is 5.78 Å². The molecule has 0 spiro atoms. The van der Waals surface area contributed by atoms with Crippen LogP contribution in [-0.2, 0) is 14.3 Å². The quantitative estimate of drug-likeness (QED) is 0.569. The molecule has 5 heteroatoms. The van der Waals surface area contributed by atoms with Crippen LogP contribution in [-0.4, -0.2) is 37.7 Å². The Morgan fingerprint density at radius 3 is 2.24 bits per heavy atom. The number of ketones is 1. The Morgan fingerprint density at radius 1 is 0.970 bits per heavy atom. The number of fused-ring (bicyclic) bond motifs is 1. The van der Waals surface area contributed by atoms with Gasteiger partial charge in [-0.05, 0) is 56.4 Å². The number of aliphatic imine (C=N–C) groups is 1. The highest BCUT2D eigenvalue weighted by Crippen LogP contribution is 2.46. The Morgan fingerprint density at radius 2 is 1.64 bits per heavy atom. The molecule has 1 fully saturated rings. The first-order valence-corrected chi connectivity index (χ1v) is 11.8. The molecule has 1 heterocycles. The highest BCUT2D eigenvalue weighted by molar-refractivity contribution is 6.12. The lowest BCUT2D eigenvalue weighted by molar-refractivity contribution is -0.136. The molecule has 1 aliphatic heterocycles. The van der Waals surface area contributed by atoms with E-state index in [1.807, 2.05) is 37.3 Å². The second-order valence-electron chi connectivity index (χ2n) is 8.80. The first kappa shape index (κ1) is 23.0. The first-order chi connectivity index (χ1) is 16.0. The lowest BCUT2D eigenvalue weighted by atomic mass is 9.66. The molecular formula is C28H32N2O3. The highest BCUT2D eigenvalue weighted by Gasteiger charge is 2.45. The van der Waals surface area contributed by atoms with Crippen LogP contribution in [0.5, 0.6) is 0 Å². The fourth-order valence-corrected chi connectivity index (χ4v) is 5.35. The molecule has 2 aromatic rings. The van der Waals surface area contributed by atoms with Gasteiger partial charge in [-0.25, -0.2) is 4.79 Å². The topological polar surface area (TPSA) is 59.0 Å². The van der Waals surface area contributed by atoms with E-state index in [2.05, 4.69) is 43.0 Å². The third-order valence-electron chi connectivity index (χ3n) is 7.01. The molecule has 4 rings (SSSR count). The number of hydrogen-bond donors (Lipinski definition) is 0. The molecule has 1 unspecified atom stereocenters. The van der Waals surface area contributed by atoms with Crippen LogP contribution in [0.3, 0.4) is 0 Å². The van der Waals surface area contributed by atoms with Gasteiger partial charge in [-0.2, -0.15) is 0 Å². The van der Waals surface area contributed by atoms with Crippen molar-refractivity contribution < 1.29 is 14.3 Å². The van der Waals surface area contributed by atoms with Crippen LogP contribution in [0, 0.1) is 5.92 Å². The molecule has 1 saturated carbocycles. The second-order valence-corrected chi connectivity index (χ2v) is 8.80. The number of allylic oxidation sites excluding steroid dienone is 1. The Hall–Kier alpha value is -3.21. The van der Waals surface area contributed by atoms with Crippen LogP contribution >= 0.6 is 0 Å². The molecule has 33 heavy (non-hydrogen) atoms. The van der Waals surface area contributed by atoms with E-state index in [1.54, 1.807) is 0 Å². The molecule has 0 aromatic heterocycles. The van der Waals surface area contributed by atoms with Gasteiger partial charge in [0.15, 0.2) is 0 Å². The maximum Gasteiger partial charge on any atom is 0.336 e. The standard InChI is InChI=1S/C28H32N2O3/c1-5-30(6-2)22-14-12-20(13-15-22)26-25(28(32)33-4)18(3)29-23-16-21(17-24(31)27(23)26)19-10-8-7-9-11-19/h7-15,21,26-27H,5-6,16-17H2,1-4H3/t21-,26+,27?/m0/s1. The fraction of sp³-hybridized carbons (Fsp3) is 0.393. The van der Waals surface area contributed by atoms with Crippen molar-refractivity contribution in [3.8, 4) is 0 Å². The van der Waals surface area contributed by atoms with Gasteiger partial charge in [-0.15, -0.1) is 0 Å². The molecule has 1 aliphatic carbocycles. The van der Waals surface area contributed by atoms with E-state index in [0.717, 1.165) is 42.0 Å². The van der Waals surface area contributed by atoms with Crippen molar-refractivity contribution >= 4 is 23.2 Å². The van der Waals surface area contributed by atoms with Crippen LogP contribution < -0.4 is 4.90 Å². The molecule has 3 atom stereocenters. The van der Waals surface area contributed by atoms with Gasteiger partial charge < -0.3 is 9.64 Å². The van der Waals surface area contributed by atoms with Gasteiger partial charge in [-0.1, -0.05) is 42.5 Å². The zero-order valence-electron chi connectivity index (χ0n) is 19.9. The lowest BCUT2D eigenvalue weighted by Gasteiger charge is -2.38. The average Bonchev–Trinajstić information content (AvgIpc) is 2.84. The van der Waals surface area contributed by atoms with E-state index >= 15 is 0 Å². The largest absolute Gasteiger partial charge is 0.466 e. The summed E-state index contributed by atoms with van der Waals surface area (Å²) in [5, 5.41) is 0. The highest BCUT2D eigenvalue weighted by atomic mass is 16.5. The summed E-state index contributed by atoms with van der Waals surface area (Å²) in [5.74, 6) is -0.958. The molecule has 0 radical (unpaired) electrons. The third-order valence-corrected chi connectivity index (χ3v) is 7.01. The first-order valence-electron chi connectivity index (χ1n) is 11.8. The van der Waals surface area contributed by atoms with E-state index in [1.165, 1.54) is 7.11 Å². The molecule has 172 valence electrons. The summed E-state index contributed by atoms with van der Waals surface area (Å²) in [7, 11) is 1.39. The minimum absolute atomic E-state index is 0.117. The fourth-order valence-electron chi connectivity index (χ4n) is 5.35. The Labute approximate surface area is 196 Å². The Bertz CT molecular complexity index is 1080. The monoisotopic (exact) mass is 444 g/mol. The third kappa shape index (κ3) is 4.37. The summed E-state index contributed by atoms with van der Waals surface area (Å²) >= 11 is 0. The van der Waals surface area contributed by atoms with Crippen molar-refractivity contribution in [3.05, 3.63) is 77.0 Å². The van der Waals surface area contributed by atoms with Crippen molar-refractivity contribution in [2.24, 2.45) is 10.9 Å². The van der Waals surface area contributed by atoms with Crippen LogP contribution in [0.1, 0.15) is 56.6 Å². The molecule has 0 N–H and O–H groups in total. The zero-order valence-corrected chi connectivity index (χ0v) is 19.9. The molecule has 0 saturated heterocycles. The summed E-state index contributed by atoms with van der Waals surface area (Å²) in [6, 6.07) is 18.4. The van der Waals surface area contributed by atoms with Gasteiger partial charge in [0.05, 0.1) is 18.6 Å². The Kier molecular flexibility index (Phi) is 6.77. The number of Topliss-reactive ketones (excluding diaryl/α,β-unsaturated/α-hetero) is 1. The molecule has 2 aliphatic rings. The summed E-state index contributed by atoms with van der Waals surface area (Å²) in [6.07, 6.45) is 1.18. The van der Waals surface area contributed by atoms with Crippen LogP contribution in [0.25, 0.3) is 0 Å². The van der Waals surface area contributed by atoms with Crippen molar-refractivity contribution in [2.75, 3.05) is 25.1 Å². The predicted octanol–water partition coefficient (Wildman–Crippen LogP) is 5.28. The summed E-state index contributed by atoms with van der Waals surface area (Å²) in [4.78, 5) is 33.5. The van der Waals surface area contributed by atoms with Gasteiger partial charge in [0.25, 0.3) is 0 Å². The maximum atomic E-state index is 13.6. The smallest absolute Gasteiger partial charge is 0.336 e. The summed E-state index contributed by atoms with van der Waals surface area (Å²) in [6.45, 7) is 7.96. The van der Waals surface area contributed by atoms with Gasteiger partial charge in [-0.3, -0.25) is 9.79 Å². The number of methoxy groups -OCH3 is 1. The second kappa shape index (κ2) is 9.74. The SMILES string of the molecule is CCN(CC)c1ccc([C@@H]2C(C(=O)OC)=C(C)N=C3C[C@H](c4ccccc4)CC(=O)C32)cc1. The van der Waals surface area contributed by atoms with Crippen LogP contribution in [0.4, 0.5) is 5.69 Å². The molecular weight excluding hydrogens is 412 g/mol. The normalized spacial score (nSPS) is 22.5. The predicted molar refractivity (Wildman–Crippen MR) is 132 cm³/mol. The number of anilines is 1. The van der Waals surface area contributed by atoms with Gasteiger partial charge >= 0.3 is 5.97 Å². The zero-order chi connectivity index (χ0) is 23.5. The number of carbonyl (C=O) groups excluding carboxylic acids is 2. The van der Waals surface area contributed by atoms with Crippen LogP contribution in [0.15, 0.2) is 70.9 Å². The van der Waals surface area contributed by atoms with Crippen molar-refractivity contribution in [1.82, 2.24) is 0 Å². The molecule has 0 bridgehead atoms. The van der Waals surface area contributed by atoms with E-state index < -0.39 is 11.9 Å². The van der Waals surface area contributed by atoms with Crippen molar-refractivity contribution in [1.29, 1.82) is 0 Å². The number of rotatable bonds is 6. The van der Waals surface area contributed by atoms with Gasteiger partial charge in [0.2, 0.25) is 0 Å². The summed E-state index contributed by atoms with van der Waals surface area (Å²) in [5.41, 5.74) is 5.26. The number of ether oxygens (including phenoxy) is 1. The minimum Gasteiger partial charge on any atom is -0.466 e. The number of esters is 1. The van der Waals surface area contributed by atoms with Gasteiger partial charge in [0, 0.05) is 42.5 Å². The van der Waals surface area contributed by atoms with Crippen molar-refractivity contribution in [3.63, 3.8) is 0 Å². The number of carbonyl (C=O) groups is 2. The van der Waals surface area contributed by atoms with E-state index in [4.69, 9.17) is 9.73 Å². The van der Waals surface area contributed by atoms with Crippen LogP contribution in [0.2, 0.25) is 0 Å². The minimum atomic E-state index is -0.429. The number of benzene rings is 2. The Balaban J connectivity index is 1.75. The van der Waals surface area contributed by atoms with E-state index in [9.17, 15) is 9.59 Å². The number of hydrogen-bond acceptors (Lipinski definition) is 5. The maximum absolute atomic E-state index is 13.6. The summed E-state index contributed by atoms with van der Waals surface area (Å²) < 4.78 is 5.13. The van der Waals surface area contributed by atoms with Crippen molar-refractivity contribution in [2.45, 2.75) is 45.4 Å². The average molecular weight is 445 g/mol.